The van der Waals surface area contributed by atoms with Crippen LogP contribution in [0.15, 0.2) is 0 Å². The van der Waals surface area contributed by atoms with Crippen molar-refractivity contribution in [1.82, 2.24) is 4.90 Å². The van der Waals surface area contributed by atoms with Crippen molar-refractivity contribution in [3.05, 3.63) is 0 Å². The molecule has 1 heterocycles. The molecule has 0 bridgehead atoms. The molecule has 0 saturated carbocycles. The van der Waals surface area contributed by atoms with Crippen LogP contribution in [0.5, 0.6) is 0 Å². The van der Waals surface area contributed by atoms with Crippen LogP contribution >= 0.6 is 0 Å². The summed E-state index contributed by atoms with van der Waals surface area (Å²) in [5.41, 5.74) is 0.466. The van der Waals surface area contributed by atoms with Crippen LogP contribution in [0.25, 0.3) is 0 Å². The second-order valence-corrected chi connectivity index (χ2v) is 6.45. The lowest BCUT2D eigenvalue weighted by atomic mass is 9.75. The lowest BCUT2D eigenvalue weighted by Gasteiger charge is -2.47. The zero-order chi connectivity index (χ0) is 12.2. The molecule has 1 unspecified atom stereocenters. The van der Waals surface area contributed by atoms with Crippen LogP contribution in [-0.4, -0.2) is 36.2 Å². The molecular weight excluding hydrogens is 198 g/mol. The molecule has 0 spiro atoms. The Bertz CT molecular complexity index is 185. The normalized spacial score (nSPS) is 20.8. The Kier molecular flexibility index (Phi) is 5.26. The molecule has 16 heavy (non-hydrogen) atoms. The van der Waals surface area contributed by atoms with Gasteiger partial charge in [0.15, 0.2) is 0 Å². The lowest BCUT2D eigenvalue weighted by Crippen LogP contribution is -2.53. The molecule has 0 amide bonds. The van der Waals surface area contributed by atoms with Crippen molar-refractivity contribution in [1.29, 1.82) is 0 Å². The van der Waals surface area contributed by atoms with Crippen LogP contribution in [0.4, 0.5) is 0 Å². The van der Waals surface area contributed by atoms with Gasteiger partial charge in [-0.2, -0.15) is 0 Å². The Morgan fingerprint density at radius 3 is 2.31 bits per heavy atom. The number of hydrogen-bond acceptors (Lipinski definition) is 2. The van der Waals surface area contributed by atoms with E-state index in [9.17, 15) is 0 Å². The minimum absolute atomic E-state index is 0.348. The molecule has 1 fully saturated rings. The van der Waals surface area contributed by atoms with E-state index in [0.29, 0.717) is 17.9 Å². The summed E-state index contributed by atoms with van der Waals surface area (Å²) >= 11 is 0. The molecule has 96 valence electrons. The molecular formula is C14H29NO. The van der Waals surface area contributed by atoms with Gasteiger partial charge in [0.05, 0.1) is 0 Å². The predicted octanol–water partition coefficient (Wildman–Crippen LogP) is 2.76. The fourth-order valence-electron chi connectivity index (χ4n) is 2.55. The Morgan fingerprint density at radius 1 is 1.25 bits per heavy atom. The van der Waals surface area contributed by atoms with Gasteiger partial charge in [0, 0.05) is 26.2 Å². The van der Waals surface area contributed by atoms with Gasteiger partial charge >= 0.3 is 0 Å². The van der Waals surface area contributed by atoms with E-state index in [4.69, 9.17) is 5.11 Å². The van der Waals surface area contributed by atoms with Crippen molar-refractivity contribution in [2.45, 2.75) is 47.0 Å². The van der Waals surface area contributed by atoms with E-state index in [1.807, 2.05) is 0 Å². The highest BCUT2D eigenvalue weighted by Crippen LogP contribution is 2.34. The molecule has 2 nitrogen and oxygen atoms in total. The van der Waals surface area contributed by atoms with Gasteiger partial charge in [-0.05, 0) is 30.1 Å². The van der Waals surface area contributed by atoms with E-state index in [-0.39, 0.29) is 0 Å². The summed E-state index contributed by atoms with van der Waals surface area (Å²) in [5, 5.41) is 9.03. The van der Waals surface area contributed by atoms with Crippen LogP contribution in [0.3, 0.4) is 0 Å². The van der Waals surface area contributed by atoms with Gasteiger partial charge in [0.25, 0.3) is 0 Å². The number of hydrogen-bond donors (Lipinski definition) is 1. The molecule has 0 aromatic heterocycles. The third-order valence-corrected chi connectivity index (χ3v) is 3.93. The van der Waals surface area contributed by atoms with E-state index in [1.165, 1.54) is 32.5 Å². The highest BCUT2D eigenvalue weighted by molar-refractivity contribution is 4.88. The number of rotatable bonds is 6. The molecule has 0 aliphatic carbocycles. The van der Waals surface area contributed by atoms with Crippen molar-refractivity contribution in [3.8, 4) is 0 Å². The van der Waals surface area contributed by atoms with Crippen molar-refractivity contribution < 1.29 is 5.11 Å². The first kappa shape index (κ1) is 14.0. The van der Waals surface area contributed by atoms with Crippen LogP contribution in [-0.2, 0) is 0 Å². The number of likely N-dealkylation sites (tertiary alicyclic amines) is 1. The highest BCUT2D eigenvalue weighted by Gasteiger charge is 2.35. The largest absolute Gasteiger partial charge is 0.396 e. The quantitative estimate of drug-likeness (QED) is 0.754. The summed E-state index contributed by atoms with van der Waals surface area (Å²) in [6.45, 7) is 13.3. The van der Waals surface area contributed by atoms with Crippen LogP contribution < -0.4 is 0 Å². The van der Waals surface area contributed by atoms with E-state index in [0.717, 1.165) is 12.3 Å². The first-order valence-electron chi connectivity index (χ1n) is 6.80. The fourth-order valence-corrected chi connectivity index (χ4v) is 2.55. The average molecular weight is 227 g/mol. The minimum atomic E-state index is 0.348. The highest BCUT2D eigenvalue weighted by atomic mass is 16.3. The van der Waals surface area contributed by atoms with Gasteiger partial charge in [-0.3, -0.25) is 0 Å². The maximum Gasteiger partial charge on any atom is 0.0434 e. The summed E-state index contributed by atoms with van der Waals surface area (Å²) in [6.07, 6.45) is 3.48. The molecule has 0 aromatic carbocycles. The maximum absolute atomic E-state index is 9.03. The Balaban J connectivity index is 2.24. The van der Waals surface area contributed by atoms with Crippen molar-refractivity contribution in [3.63, 3.8) is 0 Å². The number of aliphatic hydroxyl groups is 1. The first-order valence-corrected chi connectivity index (χ1v) is 6.80. The molecule has 1 aliphatic heterocycles. The van der Waals surface area contributed by atoms with Gasteiger partial charge < -0.3 is 10.0 Å². The Hall–Kier alpha value is -0.0800. The van der Waals surface area contributed by atoms with E-state index in [2.05, 4.69) is 32.6 Å². The van der Waals surface area contributed by atoms with Crippen molar-refractivity contribution >= 4 is 0 Å². The SMILES string of the molecule is CCCC(CCO)CN1CC(C(C)(C)C)C1. The molecule has 1 rings (SSSR count). The molecule has 1 saturated heterocycles. The topological polar surface area (TPSA) is 23.5 Å². The molecule has 2 heteroatoms. The predicted molar refractivity (Wildman–Crippen MR) is 69.5 cm³/mol. The molecule has 1 aliphatic rings. The summed E-state index contributed by atoms with van der Waals surface area (Å²) in [5.74, 6) is 1.57. The van der Waals surface area contributed by atoms with E-state index >= 15 is 0 Å². The molecule has 1 atom stereocenters. The minimum Gasteiger partial charge on any atom is -0.396 e. The lowest BCUT2D eigenvalue weighted by molar-refractivity contribution is 0.0104. The molecule has 0 aromatic rings. The standard InChI is InChI=1S/C14H29NO/c1-5-6-12(7-8-16)9-15-10-13(11-15)14(2,3)4/h12-13,16H,5-11H2,1-4H3. The Morgan fingerprint density at radius 2 is 1.88 bits per heavy atom. The fraction of sp³-hybridized carbons (Fsp3) is 1.00. The van der Waals surface area contributed by atoms with E-state index < -0.39 is 0 Å². The van der Waals surface area contributed by atoms with Gasteiger partial charge in [-0.25, -0.2) is 0 Å². The second-order valence-electron chi connectivity index (χ2n) is 6.45. The third-order valence-electron chi connectivity index (χ3n) is 3.93. The zero-order valence-electron chi connectivity index (χ0n) is 11.5. The van der Waals surface area contributed by atoms with Crippen molar-refractivity contribution in [2.24, 2.45) is 17.3 Å². The monoisotopic (exact) mass is 227 g/mol. The summed E-state index contributed by atoms with van der Waals surface area (Å²) < 4.78 is 0. The summed E-state index contributed by atoms with van der Waals surface area (Å²) in [7, 11) is 0. The van der Waals surface area contributed by atoms with Crippen LogP contribution in [0.2, 0.25) is 0 Å². The third kappa shape index (κ3) is 4.06. The van der Waals surface area contributed by atoms with Crippen molar-refractivity contribution in [2.75, 3.05) is 26.2 Å². The van der Waals surface area contributed by atoms with Gasteiger partial charge in [-0.1, -0.05) is 34.1 Å². The van der Waals surface area contributed by atoms with Crippen LogP contribution in [0.1, 0.15) is 47.0 Å². The van der Waals surface area contributed by atoms with Gasteiger partial charge in [-0.15, -0.1) is 0 Å². The van der Waals surface area contributed by atoms with Gasteiger partial charge in [0.2, 0.25) is 0 Å². The summed E-state index contributed by atoms with van der Waals surface area (Å²) in [6, 6.07) is 0. The second kappa shape index (κ2) is 6.02. The molecule has 1 N–H and O–H groups in total. The number of nitrogens with zero attached hydrogens (tertiary/aromatic N) is 1. The summed E-state index contributed by atoms with van der Waals surface area (Å²) in [4.78, 5) is 2.56. The van der Waals surface area contributed by atoms with E-state index in [1.54, 1.807) is 0 Å². The Labute approximate surface area is 101 Å². The maximum atomic E-state index is 9.03. The molecule has 0 radical (unpaired) electrons. The zero-order valence-corrected chi connectivity index (χ0v) is 11.5. The number of aliphatic hydroxyl groups excluding tert-OH is 1. The van der Waals surface area contributed by atoms with Gasteiger partial charge in [0.1, 0.15) is 0 Å². The average Bonchev–Trinajstić information content (AvgIpc) is 2.09. The first-order chi connectivity index (χ1) is 7.47. The smallest absolute Gasteiger partial charge is 0.0434 e. The van der Waals surface area contributed by atoms with Crippen LogP contribution in [0, 0.1) is 17.3 Å².